The number of aliphatic carboxylic acids is 2. The Balaban J connectivity index is 2.72. The van der Waals surface area contributed by atoms with E-state index in [4.69, 9.17) is 15.3 Å². The summed E-state index contributed by atoms with van der Waals surface area (Å²) in [5.41, 5.74) is 0.829. The predicted molar refractivity (Wildman–Crippen MR) is 63.4 cm³/mol. The molecule has 98 valence electrons. The molecular weight excluding hydrogens is 240 g/mol. The van der Waals surface area contributed by atoms with Crippen molar-refractivity contribution in [1.82, 2.24) is 5.32 Å². The van der Waals surface area contributed by atoms with Crippen LogP contribution in [0.5, 0.6) is 0 Å². The minimum absolute atomic E-state index is 0.0952. The molecule has 0 aromatic carbocycles. The van der Waals surface area contributed by atoms with Gasteiger partial charge in [-0.25, -0.2) is 9.59 Å². The number of allylic oxidation sites excluding steroid dienone is 2. The Hall–Kier alpha value is -2.15. The third kappa shape index (κ3) is 4.02. The van der Waals surface area contributed by atoms with Crippen LogP contribution in [0.1, 0.15) is 6.42 Å². The van der Waals surface area contributed by atoms with E-state index in [1.165, 1.54) is 18.4 Å². The summed E-state index contributed by atoms with van der Waals surface area (Å²) in [5, 5.41) is 28.9. The van der Waals surface area contributed by atoms with Crippen LogP contribution in [-0.2, 0) is 9.59 Å². The molecule has 18 heavy (non-hydrogen) atoms. The molecule has 0 radical (unpaired) electrons. The molecule has 4 N–H and O–H groups in total. The maximum atomic E-state index is 10.7. The second kappa shape index (κ2) is 6.55. The monoisotopic (exact) mass is 254 g/mol. The molecule has 0 aliphatic carbocycles. The van der Waals surface area contributed by atoms with E-state index >= 15 is 0 Å². The van der Waals surface area contributed by atoms with Gasteiger partial charge in [0.2, 0.25) is 0 Å². The normalized spacial score (nSPS) is 19.4. The fraction of sp³-hybridized carbons (Fsp3) is 0.364. The van der Waals surface area contributed by atoms with Crippen LogP contribution >= 0.6 is 0 Å². The number of hydrogen-bond donors (Lipinski definition) is 4. The summed E-state index contributed by atoms with van der Waals surface area (Å²) < 4.78 is 0. The summed E-state index contributed by atoms with van der Waals surface area (Å²) in [6.45, 7) is -0.0764. The molecule has 1 unspecified atom stereocenters. The number of carbonyl (C=O) groups is 2. The summed E-state index contributed by atoms with van der Waals surface area (Å²) in [6, 6.07) is -1.19. The zero-order chi connectivity index (χ0) is 13.5. The Kier molecular flexibility index (Phi) is 5.06. The van der Waals surface area contributed by atoms with Gasteiger partial charge in [0.05, 0.1) is 6.61 Å². The number of hydrogen-bond acceptors (Lipinski definition) is 5. The zero-order valence-corrected chi connectivity index (χ0v) is 9.54. The topological polar surface area (TPSA) is 119 Å². The van der Waals surface area contributed by atoms with Gasteiger partial charge >= 0.3 is 11.9 Å². The first-order valence-electron chi connectivity index (χ1n) is 5.29. The molecule has 0 saturated heterocycles. The third-order valence-corrected chi connectivity index (χ3v) is 2.30. The van der Waals surface area contributed by atoms with Crippen LogP contribution in [0.2, 0.25) is 0 Å². The van der Waals surface area contributed by atoms with Gasteiger partial charge in [0.1, 0.15) is 5.70 Å². The first kappa shape index (κ1) is 13.9. The molecule has 0 saturated carbocycles. The molecule has 1 atom stereocenters. The van der Waals surface area contributed by atoms with Crippen LogP contribution < -0.4 is 5.32 Å². The molecule has 0 aromatic heterocycles. The van der Waals surface area contributed by atoms with Crippen molar-refractivity contribution in [3.63, 3.8) is 0 Å². The highest BCUT2D eigenvalue weighted by Crippen LogP contribution is 2.10. The number of aliphatic hydroxyl groups is 1. The molecular formula is C11H14N2O5. The van der Waals surface area contributed by atoms with Crippen molar-refractivity contribution < 1.29 is 24.9 Å². The summed E-state index contributed by atoms with van der Waals surface area (Å²) in [4.78, 5) is 24.9. The highest BCUT2D eigenvalue weighted by Gasteiger charge is 2.13. The smallest absolute Gasteiger partial charge is 0.351 e. The summed E-state index contributed by atoms with van der Waals surface area (Å²) in [7, 11) is 0. The summed E-state index contributed by atoms with van der Waals surface area (Å²) in [6.07, 6.45) is 4.90. The second-order valence-corrected chi connectivity index (χ2v) is 3.62. The van der Waals surface area contributed by atoms with Gasteiger partial charge in [-0.2, -0.15) is 0 Å². The van der Waals surface area contributed by atoms with Crippen molar-refractivity contribution in [2.75, 3.05) is 13.2 Å². The van der Waals surface area contributed by atoms with Gasteiger partial charge in [0.25, 0.3) is 0 Å². The van der Waals surface area contributed by atoms with Crippen molar-refractivity contribution in [2.24, 2.45) is 4.99 Å². The van der Waals surface area contributed by atoms with Crippen LogP contribution in [0.15, 0.2) is 28.4 Å². The Bertz CT molecular complexity index is 425. The predicted octanol–water partition coefficient (Wildman–Crippen LogP) is -0.609. The average Bonchev–Trinajstić information content (AvgIpc) is 2.34. The second-order valence-electron chi connectivity index (χ2n) is 3.62. The standard InChI is InChI=1S/C11H14N2O5/c14-6-9(11(17)18)13-4-2-7-1-3-12-8(5-7)10(15)16/h2,4-5,9,12,14H,1,3,6H2,(H,15,16)(H,17,18). The number of aliphatic imine (C=N–C) groups is 1. The number of nitrogens with one attached hydrogen (secondary N) is 1. The van der Waals surface area contributed by atoms with E-state index in [-0.39, 0.29) is 5.70 Å². The number of aliphatic hydroxyl groups excluding tert-OH is 1. The molecule has 1 rings (SSSR count). The molecule has 7 heteroatoms. The van der Waals surface area contributed by atoms with Crippen molar-refractivity contribution in [2.45, 2.75) is 12.5 Å². The van der Waals surface area contributed by atoms with Crippen LogP contribution in [0.4, 0.5) is 0 Å². The maximum absolute atomic E-state index is 10.7. The molecule has 0 amide bonds. The Morgan fingerprint density at radius 1 is 1.50 bits per heavy atom. The Morgan fingerprint density at radius 3 is 2.78 bits per heavy atom. The zero-order valence-electron chi connectivity index (χ0n) is 9.54. The molecule has 0 bridgehead atoms. The van der Waals surface area contributed by atoms with Gasteiger partial charge in [-0.15, -0.1) is 0 Å². The molecule has 0 spiro atoms. The van der Waals surface area contributed by atoms with Crippen molar-refractivity contribution in [3.8, 4) is 0 Å². The molecule has 1 aliphatic rings. The number of rotatable bonds is 5. The lowest BCUT2D eigenvalue weighted by Crippen LogP contribution is -2.25. The SMILES string of the molecule is O=C(O)C1=CC(=CC=NC(CO)C(=O)O)CCN1. The lowest BCUT2D eigenvalue weighted by molar-refractivity contribution is -0.139. The van der Waals surface area contributed by atoms with Crippen LogP contribution in [0, 0.1) is 0 Å². The molecule has 1 heterocycles. The van der Waals surface area contributed by atoms with Crippen molar-refractivity contribution >= 4 is 18.2 Å². The highest BCUT2D eigenvalue weighted by atomic mass is 16.4. The fourth-order valence-corrected chi connectivity index (χ4v) is 1.35. The first-order chi connectivity index (χ1) is 8.54. The molecule has 0 aromatic rings. The van der Waals surface area contributed by atoms with Gasteiger partial charge in [-0.05, 0) is 24.1 Å². The maximum Gasteiger partial charge on any atom is 0.351 e. The lowest BCUT2D eigenvalue weighted by Gasteiger charge is -2.13. The van der Waals surface area contributed by atoms with E-state index in [0.29, 0.717) is 13.0 Å². The van der Waals surface area contributed by atoms with E-state index in [2.05, 4.69) is 10.3 Å². The van der Waals surface area contributed by atoms with E-state index in [9.17, 15) is 9.59 Å². The van der Waals surface area contributed by atoms with E-state index in [1.54, 1.807) is 0 Å². The van der Waals surface area contributed by atoms with E-state index in [1.807, 2.05) is 0 Å². The summed E-state index contributed by atoms with van der Waals surface area (Å²) in [5.74, 6) is -2.25. The lowest BCUT2D eigenvalue weighted by atomic mass is 10.1. The average molecular weight is 254 g/mol. The summed E-state index contributed by atoms with van der Waals surface area (Å²) >= 11 is 0. The number of nitrogens with zero attached hydrogens (tertiary/aromatic N) is 1. The van der Waals surface area contributed by atoms with E-state index in [0.717, 1.165) is 5.57 Å². The highest BCUT2D eigenvalue weighted by molar-refractivity contribution is 5.87. The molecule has 7 nitrogen and oxygen atoms in total. The first-order valence-corrected chi connectivity index (χ1v) is 5.29. The van der Waals surface area contributed by atoms with Gasteiger partial charge in [0.15, 0.2) is 6.04 Å². The minimum Gasteiger partial charge on any atom is -0.480 e. The Morgan fingerprint density at radius 2 is 2.22 bits per heavy atom. The van der Waals surface area contributed by atoms with Gasteiger partial charge < -0.3 is 20.6 Å². The molecule has 1 aliphatic heterocycles. The van der Waals surface area contributed by atoms with Crippen LogP contribution in [0.3, 0.4) is 0 Å². The van der Waals surface area contributed by atoms with Gasteiger partial charge in [0, 0.05) is 12.8 Å². The number of carboxylic acid groups (broad SMARTS) is 2. The van der Waals surface area contributed by atoms with Crippen LogP contribution in [-0.4, -0.2) is 52.7 Å². The van der Waals surface area contributed by atoms with E-state index < -0.39 is 24.6 Å². The quantitative estimate of drug-likeness (QED) is 0.486. The largest absolute Gasteiger partial charge is 0.480 e. The van der Waals surface area contributed by atoms with Crippen molar-refractivity contribution in [3.05, 3.63) is 23.4 Å². The van der Waals surface area contributed by atoms with Crippen molar-refractivity contribution in [1.29, 1.82) is 0 Å². The Labute approximate surface area is 103 Å². The minimum atomic E-state index is -1.21. The fourth-order valence-electron chi connectivity index (χ4n) is 1.35. The third-order valence-electron chi connectivity index (χ3n) is 2.30. The number of carboxylic acids is 2. The van der Waals surface area contributed by atoms with Gasteiger partial charge in [-0.1, -0.05) is 0 Å². The molecule has 0 fully saturated rings. The van der Waals surface area contributed by atoms with Gasteiger partial charge in [-0.3, -0.25) is 4.99 Å². The van der Waals surface area contributed by atoms with Crippen LogP contribution in [0.25, 0.3) is 0 Å².